The second kappa shape index (κ2) is 7.64. The first-order chi connectivity index (χ1) is 11.8. The fourth-order valence-electron chi connectivity index (χ4n) is 3.50. The van der Waals surface area contributed by atoms with Crippen molar-refractivity contribution in [2.24, 2.45) is 0 Å². The van der Waals surface area contributed by atoms with E-state index in [1.54, 1.807) is 11.3 Å². The monoisotopic (exact) mass is 365 g/mol. The van der Waals surface area contributed by atoms with Crippen LogP contribution in [0.2, 0.25) is 0 Å². The highest BCUT2D eigenvalue weighted by atomic mass is 32.1. The first-order valence-corrected chi connectivity index (χ1v) is 10.2. The topological polar surface area (TPSA) is 44.8 Å². The Morgan fingerprint density at radius 3 is 2.60 bits per heavy atom. The third kappa shape index (κ3) is 4.96. The Labute approximate surface area is 155 Å². The zero-order valence-electron chi connectivity index (χ0n) is 15.8. The molecule has 5 nitrogen and oxygen atoms in total. The van der Waals surface area contributed by atoms with E-state index in [1.165, 1.54) is 4.88 Å². The lowest BCUT2D eigenvalue weighted by molar-refractivity contribution is -0.0948. The fraction of sp³-hybridized carbons (Fsp3) is 0.737. The molecule has 2 amide bonds. The molecule has 2 heterocycles. The van der Waals surface area contributed by atoms with Gasteiger partial charge in [0.25, 0.3) is 0 Å². The standard InChI is InChI=1S/C19H31N3O2S/c1-14-10-21(11-15(2)24-14)19(3,4)13-20-18(23)22(16-7-8-16)12-17-6-5-9-25-17/h5-6,9,14-16H,7-8,10-13H2,1-4H3,(H,20,23). The minimum atomic E-state index is -0.0832. The number of hydrogen-bond acceptors (Lipinski definition) is 4. The molecule has 1 aromatic rings. The number of thiophene rings is 1. The average molecular weight is 366 g/mol. The van der Waals surface area contributed by atoms with Gasteiger partial charge in [-0.2, -0.15) is 0 Å². The van der Waals surface area contributed by atoms with Gasteiger partial charge >= 0.3 is 6.03 Å². The van der Waals surface area contributed by atoms with Gasteiger partial charge < -0.3 is 15.0 Å². The van der Waals surface area contributed by atoms with Crippen LogP contribution in [-0.4, -0.2) is 59.3 Å². The molecule has 1 N–H and O–H groups in total. The highest BCUT2D eigenvalue weighted by Crippen LogP contribution is 2.29. The maximum absolute atomic E-state index is 12.8. The van der Waals surface area contributed by atoms with Crippen LogP contribution in [0.15, 0.2) is 17.5 Å². The normalized spacial score (nSPS) is 25.0. The SMILES string of the molecule is CC1CN(C(C)(C)CNC(=O)N(Cc2cccs2)C2CC2)CC(C)O1. The molecule has 1 saturated carbocycles. The summed E-state index contributed by atoms with van der Waals surface area (Å²) >= 11 is 1.72. The van der Waals surface area contributed by atoms with Gasteiger partial charge in [0, 0.05) is 36.1 Å². The zero-order chi connectivity index (χ0) is 18.0. The van der Waals surface area contributed by atoms with Gasteiger partial charge in [-0.1, -0.05) is 6.07 Å². The van der Waals surface area contributed by atoms with Crippen molar-refractivity contribution in [2.75, 3.05) is 19.6 Å². The third-order valence-corrected chi connectivity index (χ3v) is 5.96. The molecule has 3 rings (SSSR count). The van der Waals surface area contributed by atoms with Crippen molar-refractivity contribution in [3.63, 3.8) is 0 Å². The first kappa shape index (κ1) is 18.7. The Kier molecular flexibility index (Phi) is 5.71. The van der Waals surface area contributed by atoms with Crippen molar-refractivity contribution >= 4 is 17.4 Å². The van der Waals surface area contributed by atoms with E-state index in [-0.39, 0.29) is 23.8 Å². The van der Waals surface area contributed by atoms with E-state index < -0.39 is 0 Å². The van der Waals surface area contributed by atoms with E-state index in [9.17, 15) is 4.79 Å². The third-order valence-electron chi connectivity index (χ3n) is 5.10. The second-order valence-corrected chi connectivity index (χ2v) is 9.10. The van der Waals surface area contributed by atoms with Crippen molar-refractivity contribution in [1.29, 1.82) is 0 Å². The molecule has 2 fully saturated rings. The van der Waals surface area contributed by atoms with Crippen LogP contribution in [0.1, 0.15) is 45.4 Å². The molecule has 1 saturated heterocycles. The molecule has 2 atom stereocenters. The van der Waals surface area contributed by atoms with Gasteiger partial charge in [-0.3, -0.25) is 4.90 Å². The Bertz CT molecular complexity index is 561. The molecule has 140 valence electrons. The van der Waals surface area contributed by atoms with E-state index >= 15 is 0 Å². The number of carbonyl (C=O) groups is 1. The van der Waals surface area contributed by atoms with Crippen LogP contribution in [0.25, 0.3) is 0 Å². The summed E-state index contributed by atoms with van der Waals surface area (Å²) in [5.74, 6) is 0. The number of morpholine rings is 1. The van der Waals surface area contributed by atoms with Crippen molar-refractivity contribution in [3.05, 3.63) is 22.4 Å². The summed E-state index contributed by atoms with van der Waals surface area (Å²) in [6.07, 6.45) is 2.72. The number of carbonyl (C=O) groups excluding carboxylic acids is 1. The second-order valence-electron chi connectivity index (χ2n) is 8.07. The van der Waals surface area contributed by atoms with Gasteiger partial charge in [0.05, 0.1) is 18.8 Å². The van der Waals surface area contributed by atoms with Gasteiger partial charge in [-0.25, -0.2) is 4.79 Å². The lowest BCUT2D eigenvalue weighted by Crippen LogP contribution is -2.59. The van der Waals surface area contributed by atoms with Crippen LogP contribution in [0.5, 0.6) is 0 Å². The number of rotatable bonds is 6. The molecule has 0 aromatic carbocycles. The number of ether oxygens (including phenoxy) is 1. The van der Waals surface area contributed by atoms with Crippen LogP contribution in [0.4, 0.5) is 4.79 Å². The number of nitrogens with zero attached hydrogens (tertiary/aromatic N) is 2. The first-order valence-electron chi connectivity index (χ1n) is 9.32. The predicted octanol–water partition coefficient (Wildman–Crippen LogP) is 3.31. The Hall–Kier alpha value is -1.11. The Morgan fingerprint density at radius 2 is 2.04 bits per heavy atom. The molecule has 6 heteroatoms. The van der Waals surface area contributed by atoms with Crippen LogP contribution in [-0.2, 0) is 11.3 Å². The lowest BCUT2D eigenvalue weighted by atomic mass is 10.00. The van der Waals surface area contributed by atoms with Gasteiger partial charge in [0.15, 0.2) is 0 Å². The minimum absolute atomic E-state index is 0.0679. The van der Waals surface area contributed by atoms with E-state index in [1.807, 2.05) is 11.0 Å². The molecular weight excluding hydrogens is 334 g/mol. The van der Waals surface area contributed by atoms with E-state index in [0.29, 0.717) is 12.6 Å². The van der Waals surface area contributed by atoms with Crippen molar-refractivity contribution < 1.29 is 9.53 Å². The number of nitrogens with one attached hydrogen (secondary N) is 1. The molecule has 0 bridgehead atoms. The molecule has 2 unspecified atom stereocenters. The van der Waals surface area contributed by atoms with Gasteiger partial charge in [0.1, 0.15) is 0 Å². The summed E-state index contributed by atoms with van der Waals surface area (Å²) in [4.78, 5) is 18.5. The maximum atomic E-state index is 12.8. The average Bonchev–Trinajstić information content (AvgIpc) is 3.25. The summed E-state index contributed by atoms with van der Waals surface area (Å²) < 4.78 is 5.84. The summed E-state index contributed by atoms with van der Waals surface area (Å²) in [5, 5.41) is 5.26. The fourth-order valence-corrected chi connectivity index (χ4v) is 4.20. The zero-order valence-corrected chi connectivity index (χ0v) is 16.6. The number of hydrogen-bond donors (Lipinski definition) is 1. The van der Waals surface area contributed by atoms with Gasteiger partial charge in [-0.05, 0) is 52.0 Å². The van der Waals surface area contributed by atoms with Crippen LogP contribution >= 0.6 is 11.3 Å². The number of urea groups is 1. The van der Waals surface area contributed by atoms with E-state index in [4.69, 9.17) is 4.74 Å². The Morgan fingerprint density at radius 1 is 1.36 bits per heavy atom. The molecular formula is C19H31N3O2S. The number of amides is 2. The van der Waals surface area contributed by atoms with E-state index in [2.05, 4.69) is 49.4 Å². The molecule has 1 aliphatic heterocycles. The van der Waals surface area contributed by atoms with Gasteiger partial charge in [0.2, 0.25) is 0 Å². The molecule has 25 heavy (non-hydrogen) atoms. The molecule has 0 radical (unpaired) electrons. The van der Waals surface area contributed by atoms with Crippen molar-refractivity contribution in [1.82, 2.24) is 15.1 Å². The summed E-state index contributed by atoms with van der Waals surface area (Å²) in [6.45, 7) is 11.8. The highest BCUT2D eigenvalue weighted by molar-refractivity contribution is 7.09. The molecule has 2 aliphatic rings. The van der Waals surface area contributed by atoms with Crippen molar-refractivity contribution in [3.8, 4) is 0 Å². The van der Waals surface area contributed by atoms with Crippen LogP contribution in [0.3, 0.4) is 0 Å². The summed E-state index contributed by atoms with van der Waals surface area (Å²) in [6, 6.07) is 4.63. The quantitative estimate of drug-likeness (QED) is 0.841. The van der Waals surface area contributed by atoms with Crippen LogP contribution < -0.4 is 5.32 Å². The van der Waals surface area contributed by atoms with E-state index in [0.717, 1.165) is 32.5 Å². The Balaban J connectivity index is 1.56. The smallest absolute Gasteiger partial charge is 0.318 e. The summed E-state index contributed by atoms with van der Waals surface area (Å²) in [5.41, 5.74) is -0.0832. The minimum Gasteiger partial charge on any atom is -0.373 e. The van der Waals surface area contributed by atoms with Crippen molar-refractivity contribution in [2.45, 2.75) is 70.9 Å². The lowest BCUT2D eigenvalue weighted by Gasteiger charge is -2.45. The maximum Gasteiger partial charge on any atom is 0.318 e. The van der Waals surface area contributed by atoms with Gasteiger partial charge in [-0.15, -0.1) is 11.3 Å². The largest absolute Gasteiger partial charge is 0.373 e. The highest BCUT2D eigenvalue weighted by Gasteiger charge is 2.36. The van der Waals surface area contributed by atoms with Crippen LogP contribution in [0, 0.1) is 0 Å². The molecule has 1 aromatic heterocycles. The molecule has 0 spiro atoms. The molecule has 1 aliphatic carbocycles. The predicted molar refractivity (Wildman–Crippen MR) is 102 cm³/mol. The summed E-state index contributed by atoms with van der Waals surface area (Å²) in [7, 11) is 0.